The Labute approximate surface area is 122 Å². The van der Waals surface area contributed by atoms with Gasteiger partial charge in [0, 0.05) is 25.7 Å². The van der Waals surface area contributed by atoms with Crippen molar-refractivity contribution in [3.05, 3.63) is 22.4 Å². The van der Waals surface area contributed by atoms with Crippen LogP contribution in [0.1, 0.15) is 16.6 Å². The lowest BCUT2D eigenvalue weighted by Gasteiger charge is -2.34. The summed E-state index contributed by atoms with van der Waals surface area (Å²) in [6.45, 7) is 4.40. The lowest BCUT2D eigenvalue weighted by molar-refractivity contribution is -0.132. The van der Waals surface area contributed by atoms with Crippen LogP contribution in [0.4, 0.5) is 0 Å². The zero-order valence-electron chi connectivity index (χ0n) is 10.7. The van der Waals surface area contributed by atoms with E-state index in [9.17, 15) is 9.59 Å². The lowest BCUT2D eigenvalue weighted by atomic mass is 10.2. The van der Waals surface area contributed by atoms with Gasteiger partial charge in [-0.1, -0.05) is 6.07 Å². The summed E-state index contributed by atoms with van der Waals surface area (Å²) >= 11 is 1.37. The number of amides is 2. The maximum absolute atomic E-state index is 12.0. The Balaban J connectivity index is 0.00000180. The highest BCUT2D eigenvalue weighted by molar-refractivity contribution is 7.12. The molecule has 2 amide bonds. The molecule has 1 aromatic rings. The summed E-state index contributed by atoms with van der Waals surface area (Å²) in [6, 6.07) is 3.75. The summed E-state index contributed by atoms with van der Waals surface area (Å²) in [5.74, 6) is -0.199. The van der Waals surface area contributed by atoms with Gasteiger partial charge in [0.05, 0.1) is 11.4 Å². The standard InChI is InChI=1S/C12H17N3O2S.ClH/c1-9-7-13-4-5-15(9)11(16)8-14-12(17)10-3-2-6-18-10;/h2-3,6,9,13H,4-5,7-8H2,1H3,(H,14,17);1H/t9-;/m0./s1. The quantitative estimate of drug-likeness (QED) is 0.865. The molecule has 0 spiro atoms. The number of carbonyl (C=O) groups excluding carboxylic acids is 2. The number of halogens is 1. The van der Waals surface area contributed by atoms with Crippen LogP contribution in [0.3, 0.4) is 0 Å². The molecule has 1 fully saturated rings. The first-order chi connectivity index (χ1) is 8.68. The van der Waals surface area contributed by atoms with E-state index >= 15 is 0 Å². The predicted octanol–water partition coefficient (Wildman–Crippen LogP) is 0.720. The fourth-order valence-electron chi connectivity index (χ4n) is 1.96. The van der Waals surface area contributed by atoms with Crippen molar-refractivity contribution in [3.63, 3.8) is 0 Å². The summed E-state index contributed by atoms with van der Waals surface area (Å²) in [5.41, 5.74) is 0. The summed E-state index contributed by atoms with van der Waals surface area (Å²) in [5, 5.41) is 7.73. The highest BCUT2D eigenvalue weighted by atomic mass is 35.5. The van der Waals surface area contributed by atoms with Crippen molar-refractivity contribution >= 4 is 35.6 Å². The molecule has 106 valence electrons. The van der Waals surface area contributed by atoms with E-state index in [-0.39, 0.29) is 36.8 Å². The second-order valence-corrected chi connectivity index (χ2v) is 5.25. The van der Waals surface area contributed by atoms with E-state index in [0.29, 0.717) is 11.4 Å². The number of nitrogens with zero attached hydrogens (tertiary/aromatic N) is 1. The average Bonchev–Trinajstić information content (AvgIpc) is 2.90. The topological polar surface area (TPSA) is 61.4 Å². The summed E-state index contributed by atoms with van der Waals surface area (Å²) in [4.78, 5) is 26.1. The second kappa shape index (κ2) is 7.47. The minimum Gasteiger partial charge on any atom is -0.342 e. The van der Waals surface area contributed by atoms with Crippen molar-refractivity contribution in [3.8, 4) is 0 Å². The van der Waals surface area contributed by atoms with Gasteiger partial charge < -0.3 is 15.5 Å². The first-order valence-corrected chi connectivity index (χ1v) is 6.88. The van der Waals surface area contributed by atoms with Gasteiger partial charge in [0.15, 0.2) is 0 Å². The van der Waals surface area contributed by atoms with Crippen LogP contribution >= 0.6 is 23.7 Å². The molecule has 2 rings (SSSR count). The highest BCUT2D eigenvalue weighted by Gasteiger charge is 2.23. The molecular weight excluding hydrogens is 286 g/mol. The third-order valence-corrected chi connectivity index (χ3v) is 3.84. The molecule has 7 heteroatoms. The van der Waals surface area contributed by atoms with E-state index in [2.05, 4.69) is 10.6 Å². The average molecular weight is 304 g/mol. The van der Waals surface area contributed by atoms with Gasteiger partial charge in [-0.15, -0.1) is 23.7 Å². The number of nitrogens with one attached hydrogen (secondary N) is 2. The van der Waals surface area contributed by atoms with Crippen molar-refractivity contribution in [2.45, 2.75) is 13.0 Å². The molecule has 1 atom stereocenters. The number of carbonyl (C=O) groups is 2. The normalized spacial score (nSPS) is 18.6. The molecule has 0 aromatic carbocycles. The van der Waals surface area contributed by atoms with Crippen LogP contribution in [-0.2, 0) is 4.79 Å². The molecule has 0 unspecified atom stereocenters. The fraction of sp³-hybridized carbons (Fsp3) is 0.500. The van der Waals surface area contributed by atoms with Crippen molar-refractivity contribution in [2.75, 3.05) is 26.2 Å². The SMILES string of the molecule is C[C@H]1CNCCN1C(=O)CNC(=O)c1cccs1.Cl. The summed E-state index contributed by atoms with van der Waals surface area (Å²) < 4.78 is 0. The molecule has 1 aromatic heterocycles. The van der Waals surface area contributed by atoms with Crippen molar-refractivity contribution in [1.82, 2.24) is 15.5 Å². The number of hydrogen-bond donors (Lipinski definition) is 2. The molecule has 0 saturated carbocycles. The minimum atomic E-state index is -0.180. The molecule has 2 heterocycles. The molecule has 0 radical (unpaired) electrons. The van der Waals surface area contributed by atoms with Crippen LogP contribution in [0.2, 0.25) is 0 Å². The highest BCUT2D eigenvalue weighted by Crippen LogP contribution is 2.08. The van der Waals surface area contributed by atoms with Gasteiger partial charge in [0.2, 0.25) is 5.91 Å². The number of thiophene rings is 1. The molecule has 19 heavy (non-hydrogen) atoms. The van der Waals surface area contributed by atoms with Crippen LogP contribution in [0, 0.1) is 0 Å². The Kier molecular flexibility index (Phi) is 6.27. The van der Waals surface area contributed by atoms with Crippen LogP contribution in [0.15, 0.2) is 17.5 Å². The van der Waals surface area contributed by atoms with Crippen molar-refractivity contribution < 1.29 is 9.59 Å². The zero-order chi connectivity index (χ0) is 13.0. The Morgan fingerprint density at radius 3 is 3.00 bits per heavy atom. The Bertz CT molecular complexity index is 425. The van der Waals surface area contributed by atoms with Crippen LogP contribution in [0.5, 0.6) is 0 Å². The number of piperazine rings is 1. The zero-order valence-corrected chi connectivity index (χ0v) is 12.4. The van der Waals surface area contributed by atoms with E-state index in [1.54, 1.807) is 6.07 Å². The van der Waals surface area contributed by atoms with Gasteiger partial charge in [-0.2, -0.15) is 0 Å². The van der Waals surface area contributed by atoms with E-state index in [0.717, 1.165) is 13.1 Å². The molecular formula is C12H18ClN3O2S. The monoisotopic (exact) mass is 303 g/mol. The first-order valence-electron chi connectivity index (χ1n) is 6.00. The van der Waals surface area contributed by atoms with Gasteiger partial charge in [0.1, 0.15) is 0 Å². The Morgan fingerprint density at radius 1 is 1.58 bits per heavy atom. The van der Waals surface area contributed by atoms with Gasteiger partial charge in [0.25, 0.3) is 5.91 Å². The molecule has 1 aliphatic heterocycles. The second-order valence-electron chi connectivity index (χ2n) is 4.30. The maximum Gasteiger partial charge on any atom is 0.261 e. The maximum atomic E-state index is 12.0. The number of hydrogen-bond acceptors (Lipinski definition) is 4. The molecule has 0 aliphatic carbocycles. The van der Waals surface area contributed by atoms with Crippen molar-refractivity contribution in [2.24, 2.45) is 0 Å². The molecule has 0 bridgehead atoms. The van der Waals surface area contributed by atoms with E-state index in [1.165, 1.54) is 11.3 Å². The minimum absolute atomic E-state index is 0. The fourth-order valence-corrected chi connectivity index (χ4v) is 2.60. The summed E-state index contributed by atoms with van der Waals surface area (Å²) in [7, 11) is 0. The van der Waals surface area contributed by atoms with E-state index < -0.39 is 0 Å². The summed E-state index contributed by atoms with van der Waals surface area (Å²) in [6.07, 6.45) is 0. The third kappa shape index (κ3) is 4.19. The molecule has 1 aliphatic rings. The molecule has 1 saturated heterocycles. The van der Waals surface area contributed by atoms with E-state index in [4.69, 9.17) is 0 Å². The third-order valence-electron chi connectivity index (χ3n) is 2.97. The predicted molar refractivity (Wildman–Crippen MR) is 77.9 cm³/mol. The Morgan fingerprint density at radius 2 is 2.37 bits per heavy atom. The van der Waals surface area contributed by atoms with Gasteiger partial charge in [-0.05, 0) is 18.4 Å². The molecule has 5 nitrogen and oxygen atoms in total. The lowest BCUT2D eigenvalue weighted by Crippen LogP contribution is -2.54. The smallest absolute Gasteiger partial charge is 0.261 e. The van der Waals surface area contributed by atoms with Crippen molar-refractivity contribution in [1.29, 1.82) is 0 Å². The van der Waals surface area contributed by atoms with Gasteiger partial charge >= 0.3 is 0 Å². The first kappa shape index (κ1) is 15.9. The molecule has 2 N–H and O–H groups in total. The Hall–Kier alpha value is -1.11. The van der Waals surface area contributed by atoms with Crippen LogP contribution in [0.25, 0.3) is 0 Å². The largest absolute Gasteiger partial charge is 0.342 e. The van der Waals surface area contributed by atoms with Crippen LogP contribution < -0.4 is 10.6 Å². The van der Waals surface area contributed by atoms with Gasteiger partial charge in [-0.25, -0.2) is 0 Å². The number of rotatable bonds is 3. The van der Waals surface area contributed by atoms with Gasteiger partial charge in [-0.3, -0.25) is 9.59 Å². The van der Waals surface area contributed by atoms with E-state index in [1.807, 2.05) is 23.3 Å². The van der Waals surface area contributed by atoms with Crippen LogP contribution in [-0.4, -0.2) is 48.9 Å².